The van der Waals surface area contributed by atoms with E-state index in [0.29, 0.717) is 31.2 Å². The van der Waals surface area contributed by atoms with Crippen LogP contribution in [0.5, 0.6) is 11.5 Å². The minimum atomic E-state index is -1.08. The summed E-state index contributed by atoms with van der Waals surface area (Å²) in [6.45, 7) is 4.96. The van der Waals surface area contributed by atoms with Crippen LogP contribution in [0.2, 0.25) is 0 Å². The Morgan fingerprint density at radius 3 is 2.67 bits per heavy atom. The number of carboxylic acid groups (broad SMARTS) is 1. The number of hydrogen-bond acceptors (Lipinski definition) is 5. The Balaban J connectivity index is 1.92. The van der Waals surface area contributed by atoms with E-state index in [1.165, 1.54) is 4.68 Å². The lowest BCUT2D eigenvalue weighted by Gasteiger charge is -2.09. The van der Waals surface area contributed by atoms with Gasteiger partial charge < -0.3 is 14.6 Å². The number of aromatic carboxylic acids is 1. The lowest BCUT2D eigenvalue weighted by atomic mass is 10.3. The van der Waals surface area contributed by atoms with E-state index in [0.717, 1.165) is 5.75 Å². The van der Waals surface area contributed by atoms with Crippen LogP contribution in [-0.4, -0.2) is 39.3 Å². The first-order valence-electron chi connectivity index (χ1n) is 6.61. The molecule has 1 N–H and O–H groups in total. The number of carboxylic acids is 1. The van der Waals surface area contributed by atoms with Crippen molar-refractivity contribution in [2.75, 3.05) is 13.2 Å². The molecule has 1 heterocycles. The molecular formula is C14H17N3O4. The molecule has 1 aromatic carbocycles. The average Bonchev–Trinajstić information content (AvgIpc) is 2.81. The molecule has 0 bridgehead atoms. The summed E-state index contributed by atoms with van der Waals surface area (Å²) in [7, 11) is 0. The average molecular weight is 291 g/mol. The minimum absolute atomic E-state index is 0.0339. The summed E-state index contributed by atoms with van der Waals surface area (Å²) in [6, 6.07) is 7.35. The van der Waals surface area contributed by atoms with Crippen molar-refractivity contribution in [3.05, 3.63) is 35.7 Å². The minimum Gasteiger partial charge on any atom is -0.494 e. The van der Waals surface area contributed by atoms with Crippen LogP contribution in [0.15, 0.2) is 24.3 Å². The largest absolute Gasteiger partial charge is 0.494 e. The number of carbonyl (C=O) groups is 1. The van der Waals surface area contributed by atoms with Crippen molar-refractivity contribution < 1.29 is 19.4 Å². The van der Waals surface area contributed by atoms with Gasteiger partial charge in [0.2, 0.25) is 0 Å². The molecule has 0 spiro atoms. The Hall–Kier alpha value is -2.57. The Morgan fingerprint density at radius 1 is 1.33 bits per heavy atom. The van der Waals surface area contributed by atoms with Crippen molar-refractivity contribution in [1.82, 2.24) is 15.0 Å². The first kappa shape index (κ1) is 14.8. The molecule has 0 aliphatic carbocycles. The third-order valence-electron chi connectivity index (χ3n) is 2.87. The number of aromatic nitrogens is 3. The van der Waals surface area contributed by atoms with Gasteiger partial charge in [-0.15, -0.1) is 5.10 Å². The highest BCUT2D eigenvalue weighted by Gasteiger charge is 2.14. The molecule has 112 valence electrons. The van der Waals surface area contributed by atoms with Gasteiger partial charge in [0.05, 0.1) is 18.8 Å². The van der Waals surface area contributed by atoms with Gasteiger partial charge in [-0.05, 0) is 26.0 Å². The molecule has 0 saturated heterocycles. The Kier molecular flexibility index (Phi) is 4.76. The second kappa shape index (κ2) is 6.74. The monoisotopic (exact) mass is 291 g/mol. The van der Waals surface area contributed by atoms with Gasteiger partial charge in [0.1, 0.15) is 18.1 Å². The molecule has 0 radical (unpaired) electrons. The van der Waals surface area contributed by atoms with E-state index in [-0.39, 0.29) is 5.69 Å². The summed E-state index contributed by atoms with van der Waals surface area (Å²) in [5, 5.41) is 16.3. The molecule has 1 aromatic heterocycles. The van der Waals surface area contributed by atoms with Gasteiger partial charge in [-0.1, -0.05) is 11.3 Å². The van der Waals surface area contributed by atoms with Gasteiger partial charge in [-0.3, -0.25) is 0 Å². The lowest BCUT2D eigenvalue weighted by Crippen LogP contribution is -2.11. The van der Waals surface area contributed by atoms with E-state index in [1.807, 2.05) is 25.1 Å². The van der Waals surface area contributed by atoms with Gasteiger partial charge in [0.15, 0.2) is 5.69 Å². The van der Waals surface area contributed by atoms with E-state index in [2.05, 4.69) is 10.3 Å². The standard InChI is InChI=1S/C14H17N3O4/c1-3-20-11-5-4-6-12(9-11)21-8-7-17-10(2)13(14(18)19)15-16-17/h4-6,9H,3,7-8H2,1-2H3,(H,18,19). The van der Waals surface area contributed by atoms with Crippen molar-refractivity contribution in [3.63, 3.8) is 0 Å². The number of benzene rings is 1. The van der Waals surface area contributed by atoms with Crippen LogP contribution < -0.4 is 9.47 Å². The highest BCUT2D eigenvalue weighted by molar-refractivity contribution is 5.86. The van der Waals surface area contributed by atoms with Gasteiger partial charge in [-0.2, -0.15) is 0 Å². The molecule has 0 aliphatic rings. The zero-order chi connectivity index (χ0) is 15.2. The van der Waals surface area contributed by atoms with E-state index < -0.39 is 5.97 Å². The molecule has 0 atom stereocenters. The van der Waals surface area contributed by atoms with Crippen LogP contribution in [0.1, 0.15) is 23.1 Å². The third-order valence-corrected chi connectivity index (χ3v) is 2.87. The fourth-order valence-electron chi connectivity index (χ4n) is 1.84. The van der Waals surface area contributed by atoms with Crippen molar-refractivity contribution in [2.24, 2.45) is 0 Å². The molecular weight excluding hydrogens is 274 g/mol. The fourth-order valence-corrected chi connectivity index (χ4v) is 1.84. The van der Waals surface area contributed by atoms with Crippen molar-refractivity contribution in [1.29, 1.82) is 0 Å². The SMILES string of the molecule is CCOc1cccc(OCCn2nnc(C(=O)O)c2C)c1. The van der Waals surface area contributed by atoms with Crippen LogP contribution in [-0.2, 0) is 6.54 Å². The highest BCUT2D eigenvalue weighted by atomic mass is 16.5. The smallest absolute Gasteiger partial charge is 0.358 e. The second-order valence-electron chi connectivity index (χ2n) is 4.31. The van der Waals surface area contributed by atoms with Crippen LogP contribution in [0.25, 0.3) is 0 Å². The van der Waals surface area contributed by atoms with Gasteiger partial charge >= 0.3 is 5.97 Å². The molecule has 2 aromatic rings. The molecule has 2 rings (SSSR count). The maximum absolute atomic E-state index is 10.9. The normalized spacial score (nSPS) is 10.4. The van der Waals surface area contributed by atoms with Gasteiger partial charge in [0.25, 0.3) is 0 Å². The lowest BCUT2D eigenvalue weighted by molar-refractivity contribution is 0.0689. The van der Waals surface area contributed by atoms with Crippen molar-refractivity contribution in [2.45, 2.75) is 20.4 Å². The van der Waals surface area contributed by atoms with Gasteiger partial charge in [0, 0.05) is 6.07 Å². The quantitative estimate of drug-likeness (QED) is 0.836. The molecule has 0 fully saturated rings. The number of ether oxygens (including phenoxy) is 2. The van der Waals surface area contributed by atoms with Crippen LogP contribution in [0.4, 0.5) is 0 Å². The number of rotatable bonds is 7. The Morgan fingerprint density at radius 2 is 2.05 bits per heavy atom. The summed E-state index contributed by atoms with van der Waals surface area (Å²) in [5.74, 6) is 0.362. The molecule has 7 heteroatoms. The first-order valence-corrected chi connectivity index (χ1v) is 6.61. The summed E-state index contributed by atoms with van der Waals surface area (Å²) in [4.78, 5) is 10.9. The Labute approximate surface area is 122 Å². The molecule has 21 heavy (non-hydrogen) atoms. The molecule has 0 saturated carbocycles. The third kappa shape index (κ3) is 3.71. The molecule has 0 aliphatic heterocycles. The zero-order valence-electron chi connectivity index (χ0n) is 11.9. The second-order valence-corrected chi connectivity index (χ2v) is 4.31. The molecule has 7 nitrogen and oxygen atoms in total. The van der Waals surface area contributed by atoms with E-state index in [9.17, 15) is 4.79 Å². The van der Waals surface area contributed by atoms with E-state index in [4.69, 9.17) is 14.6 Å². The summed E-state index contributed by atoms with van der Waals surface area (Å²) in [6.07, 6.45) is 0. The van der Waals surface area contributed by atoms with Crippen molar-refractivity contribution in [3.8, 4) is 11.5 Å². The predicted molar refractivity (Wildman–Crippen MR) is 74.8 cm³/mol. The molecule has 0 amide bonds. The summed E-state index contributed by atoms with van der Waals surface area (Å²) < 4.78 is 12.5. The first-order chi connectivity index (χ1) is 10.1. The zero-order valence-corrected chi connectivity index (χ0v) is 11.9. The van der Waals surface area contributed by atoms with Crippen LogP contribution in [0, 0.1) is 6.92 Å². The molecule has 0 unspecified atom stereocenters. The maximum atomic E-state index is 10.9. The van der Waals surface area contributed by atoms with Crippen molar-refractivity contribution >= 4 is 5.97 Å². The highest BCUT2D eigenvalue weighted by Crippen LogP contribution is 2.19. The Bertz CT molecular complexity index is 624. The topological polar surface area (TPSA) is 86.5 Å². The number of hydrogen-bond donors (Lipinski definition) is 1. The van der Waals surface area contributed by atoms with E-state index in [1.54, 1.807) is 13.0 Å². The number of nitrogens with zero attached hydrogens (tertiary/aromatic N) is 3. The maximum Gasteiger partial charge on any atom is 0.358 e. The fraction of sp³-hybridized carbons (Fsp3) is 0.357. The van der Waals surface area contributed by atoms with Crippen LogP contribution in [0.3, 0.4) is 0 Å². The van der Waals surface area contributed by atoms with Gasteiger partial charge in [-0.25, -0.2) is 9.48 Å². The van der Waals surface area contributed by atoms with E-state index >= 15 is 0 Å². The summed E-state index contributed by atoms with van der Waals surface area (Å²) in [5.41, 5.74) is 0.475. The summed E-state index contributed by atoms with van der Waals surface area (Å²) >= 11 is 0. The van der Waals surface area contributed by atoms with Crippen LogP contribution >= 0.6 is 0 Å². The predicted octanol–water partition coefficient (Wildman–Crippen LogP) is 1.76.